The van der Waals surface area contributed by atoms with Crippen molar-refractivity contribution in [1.29, 1.82) is 0 Å². The molecule has 0 aliphatic rings. The fourth-order valence-corrected chi connectivity index (χ4v) is 1.89. The molecule has 2 rings (SSSR count). The van der Waals surface area contributed by atoms with Gasteiger partial charge in [-0.2, -0.15) is 0 Å². The molecule has 102 valence electrons. The number of benzene rings is 1. The molecule has 7 heteroatoms. The highest BCUT2D eigenvalue weighted by molar-refractivity contribution is 7.07. The van der Waals surface area contributed by atoms with E-state index in [0.717, 1.165) is 11.5 Å². The Morgan fingerprint density at radius 1 is 1.55 bits per heavy atom. The van der Waals surface area contributed by atoms with Gasteiger partial charge >= 0.3 is 0 Å². The number of ether oxygens (including phenoxy) is 1. The zero-order valence-electron chi connectivity index (χ0n) is 10.6. The van der Waals surface area contributed by atoms with Gasteiger partial charge in [-0.1, -0.05) is 16.3 Å². The van der Waals surface area contributed by atoms with Crippen LogP contribution in [-0.2, 0) is 0 Å². The predicted molar refractivity (Wildman–Crippen MR) is 74.8 cm³/mol. The van der Waals surface area contributed by atoms with Crippen molar-refractivity contribution < 1.29 is 14.6 Å². The molecule has 1 heterocycles. The van der Waals surface area contributed by atoms with Gasteiger partial charge in [0.05, 0.1) is 19.0 Å². The van der Waals surface area contributed by atoms with Crippen molar-refractivity contribution in [3.63, 3.8) is 0 Å². The zero-order chi connectivity index (χ0) is 14.4. The van der Waals surface area contributed by atoms with E-state index in [9.17, 15) is 4.79 Å². The fraction of sp³-hybridized carbons (Fsp3) is 0.154. The third-order valence-electron chi connectivity index (χ3n) is 2.34. The molecule has 0 saturated carbocycles. The maximum absolute atomic E-state index is 12.0. The first-order valence-corrected chi connectivity index (χ1v) is 6.38. The molecule has 2 N–H and O–H groups in total. The number of nitrogens with zero attached hydrogens (tertiary/aromatic N) is 2. The number of amides is 1. The summed E-state index contributed by atoms with van der Waals surface area (Å²) in [7, 11) is 1.51. The van der Waals surface area contributed by atoms with Gasteiger partial charge in [0.15, 0.2) is 0 Å². The summed E-state index contributed by atoms with van der Waals surface area (Å²) in [4.78, 5) is 12.4. The third kappa shape index (κ3) is 3.32. The number of carbonyl (C=O) groups excluding carboxylic acids is 1. The van der Waals surface area contributed by atoms with Crippen LogP contribution < -0.4 is 10.1 Å². The summed E-state index contributed by atoms with van der Waals surface area (Å²) in [6, 6.07) is 5.11. The van der Waals surface area contributed by atoms with Crippen molar-refractivity contribution >= 4 is 23.1 Å². The summed E-state index contributed by atoms with van der Waals surface area (Å²) in [5.74, 6) is 5.51. The van der Waals surface area contributed by atoms with Crippen LogP contribution in [0.3, 0.4) is 0 Å². The highest BCUT2D eigenvalue weighted by atomic mass is 32.1. The number of methoxy groups -OCH3 is 1. The number of anilines is 1. The lowest BCUT2D eigenvalue weighted by Gasteiger charge is -2.09. The van der Waals surface area contributed by atoms with E-state index in [1.807, 2.05) is 0 Å². The minimum absolute atomic E-state index is 0.222. The summed E-state index contributed by atoms with van der Waals surface area (Å²) < 4.78 is 8.82. The van der Waals surface area contributed by atoms with E-state index in [4.69, 9.17) is 9.84 Å². The summed E-state index contributed by atoms with van der Waals surface area (Å²) in [5, 5.41) is 15.0. The van der Waals surface area contributed by atoms with Crippen molar-refractivity contribution in [2.45, 2.75) is 0 Å². The number of rotatable bonds is 3. The van der Waals surface area contributed by atoms with Gasteiger partial charge in [0.2, 0.25) is 0 Å². The van der Waals surface area contributed by atoms with E-state index in [0.29, 0.717) is 21.9 Å². The van der Waals surface area contributed by atoms with Gasteiger partial charge < -0.3 is 15.2 Å². The van der Waals surface area contributed by atoms with Gasteiger partial charge in [-0.25, -0.2) is 0 Å². The third-order valence-corrected chi connectivity index (χ3v) is 3.01. The Labute approximate surface area is 119 Å². The summed E-state index contributed by atoms with van der Waals surface area (Å²) in [5.41, 5.74) is 1.16. The minimum Gasteiger partial charge on any atom is -0.495 e. The SMILES string of the molecule is COc1ccc(C#CCO)cc1NC(=O)c1cnns1. The number of nitrogens with one attached hydrogen (secondary N) is 1. The highest BCUT2D eigenvalue weighted by Gasteiger charge is 2.12. The molecule has 0 spiro atoms. The lowest BCUT2D eigenvalue weighted by atomic mass is 10.2. The van der Waals surface area contributed by atoms with Crippen LogP contribution in [0.1, 0.15) is 15.2 Å². The first kappa shape index (κ1) is 14.0. The van der Waals surface area contributed by atoms with E-state index in [1.54, 1.807) is 18.2 Å². The normalized spacial score (nSPS) is 9.50. The van der Waals surface area contributed by atoms with Crippen LogP contribution in [-0.4, -0.2) is 34.3 Å². The Morgan fingerprint density at radius 3 is 3.05 bits per heavy atom. The van der Waals surface area contributed by atoms with Crippen molar-refractivity contribution in [3.8, 4) is 17.6 Å². The summed E-state index contributed by atoms with van der Waals surface area (Å²) >= 11 is 1.01. The summed E-state index contributed by atoms with van der Waals surface area (Å²) in [6.07, 6.45) is 1.39. The monoisotopic (exact) mass is 289 g/mol. The van der Waals surface area contributed by atoms with Crippen LogP contribution in [0.2, 0.25) is 0 Å². The van der Waals surface area contributed by atoms with Crippen LogP contribution in [0.4, 0.5) is 5.69 Å². The van der Waals surface area contributed by atoms with Gasteiger partial charge in [-0.05, 0) is 29.7 Å². The largest absolute Gasteiger partial charge is 0.495 e. The number of aliphatic hydroxyl groups excluding tert-OH is 1. The molecule has 0 unspecified atom stereocenters. The Hall–Kier alpha value is -2.43. The van der Waals surface area contributed by atoms with Crippen molar-refractivity contribution in [1.82, 2.24) is 9.59 Å². The molecule has 0 atom stereocenters. The highest BCUT2D eigenvalue weighted by Crippen LogP contribution is 2.26. The van der Waals surface area contributed by atoms with Gasteiger partial charge in [0, 0.05) is 5.56 Å². The van der Waals surface area contributed by atoms with Crippen LogP contribution in [0.15, 0.2) is 24.4 Å². The molecule has 0 aliphatic carbocycles. The molecule has 0 radical (unpaired) electrons. The molecule has 0 saturated heterocycles. The maximum Gasteiger partial charge on any atom is 0.269 e. The standard InChI is InChI=1S/C13H11N3O3S/c1-19-11-5-4-9(3-2-6-17)7-10(11)15-13(18)12-8-14-16-20-12/h4-5,7-8,17H,6H2,1H3,(H,15,18). The van der Waals surface area contributed by atoms with Crippen LogP contribution in [0, 0.1) is 11.8 Å². The van der Waals surface area contributed by atoms with Crippen molar-refractivity contribution in [2.75, 3.05) is 19.0 Å². The van der Waals surface area contributed by atoms with Gasteiger partial charge in [0.1, 0.15) is 17.2 Å². The van der Waals surface area contributed by atoms with E-state index in [2.05, 4.69) is 26.7 Å². The fourth-order valence-electron chi connectivity index (χ4n) is 1.48. The Kier molecular flexibility index (Phi) is 4.65. The second-order valence-electron chi connectivity index (χ2n) is 3.61. The van der Waals surface area contributed by atoms with E-state index < -0.39 is 0 Å². The van der Waals surface area contributed by atoms with Crippen LogP contribution >= 0.6 is 11.5 Å². The average Bonchev–Trinajstić information content (AvgIpc) is 2.99. The summed E-state index contributed by atoms with van der Waals surface area (Å²) in [6.45, 7) is -0.222. The van der Waals surface area contributed by atoms with Gasteiger partial charge in [-0.3, -0.25) is 4.79 Å². The second-order valence-corrected chi connectivity index (χ2v) is 4.40. The molecule has 0 fully saturated rings. The molecule has 20 heavy (non-hydrogen) atoms. The van der Waals surface area contributed by atoms with Gasteiger partial charge in [-0.15, -0.1) is 5.10 Å². The van der Waals surface area contributed by atoms with Crippen LogP contribution in [0.5, 0.6) is 5.75 Å². The van der Waals surface area contributed by atoms with E-state index in [1.165, 1.54) is 13.3 Å². The molecule has 6 nitrogen and oxygen atoms in total. The number of carbonyl (C=O) groups is 1. The van der Waals surface area contributed by atoms with Crippen LogP contribution in [0.25, 0.3) is 0 Å². The molecular weight excluding hydrogens is 278 g/mol. The molecule has 0 aliphatic heterocycles. The quantitative estimate of drug-likeness (QED) is 0.828. The molecular formula is C13H11N3O3S. The minimum atomic E-state index is -0.314. The van der Waals surface area contributed by atoms with Gasteiger partial charge in [0.25, 0.3) is 5.91 Å². The van der Waals surface area contributed by atoms with E-state index in [-0.39, 0.29) is 12.5 Å². The molecule has 2 aromatic rings. The predicted octanol–water partition coefficient (Wildman–Crippen LogP) is 1.14. The zero-order valence-corrected chi connectivity index (χ0v) is 11.4. The molecule has 0 bridgehead atoms. The Morgan fingerprint density at radius 2 is 2.40 bits per heavy atom. The molecule has 1 aromatic heterocycles. The molecule has 1 amide bonds. The topological polar surface area (TPSA) is 84.3 Å². The first-order valence-electron chi connectivity index (χ1n) is 5.61. The number of hydrogen-bond donors (Lipinski definition) is 2. The van der Waals surface area contributed by atoms with Crippen molar-refractivity contribution in [2.24, 2.45) is 0 Å². The Bertz CT molecular complexity index is 659. The number of hydrogen-bond acceptors (Lipinski definition) is 6. The average molecular weight is 289 g/mol. The second kappa shape index (κ2) is 6.65. The number of aromatic nitrogens is 2. The maximum atomic E-state index is 12.0. The van der Waals surface area contributed by atoms with E-state index >= 15 is 0 Å². The lowest BCUT2D eigenvalue weighted by molar-refractivity contribution is 0.103. The van der Waals surface area contributed by atoms with Crippen molar-refractivity contribution in [3.05, 3.63) is 34.8 Å². The smallest absolute Gasteiger partial charge is 0.269 e. The first-order chi connectivity index (χ1) is 9.74. The Balaban J connectivity index is 2.26. The molecule has 1 aromatic carbocycles. The lowest BCUT2D eigenvalue weighted by Crippen LogP contribution is -2.11. The number of aliphatic hydroxyl groups is 1.